The maximum Gasteiger partial charge on any atom is 0.139 e. The van der Waals surface area contributed by atoms with Crippen molar-refractivity contribution in [3.8, 4) is 0 Å². The van der Waals surface area contributed by atoms with Crippen molar-refractivity contribution in [1.82, 2.24) is 0 Å². The Morgan fingerprint density at radius 1 is 0.818 bits per heavy atom. The van der Waals surface area contributed by atoms with E-state index in [1.54, 1.807) is 0 Å². The average Bonchev–Trinajstić information content (AvgIpc) is 2.53. The smallest absolute Gasteiger partial charge is 0.114 e. The first-order valence-corrected chi connectivity index (χ1v) is 8.18. The van der Waals surface area contributed by atoms with E-state index in [0.717, 1.165) is 0 Å². The predicted molar refractivity (Wildman–Crippen MR) is 110 cm³/mol. The summed E-state index contributed by atoms with van der Waals surface area (Å²) in [6.45, 7) is 2.15. The van der Waals surface area contributed by atoms with Crippen LogP contribution in [0.15, 0.2) is 72.6 Å². The molecule has 0 aliphatic heterocycles. The summed E-state index contributed by atoms with van der Waals surface area (Å²) in [5.41, 5.74) is 7.54. The van der Waals surface area contributed by atoms with Crippen molar-refractivity contribution in [3.63, 3.8) is 0 Å². The number of rotatable bonds is 4. The zero-order valence-electron chi connectivity index (χ0n) is 13.5. The highest BCUT2D eigenvalue weighted by Crippen LogP contribution is 2.18. The number of hydrogen-bond acceptors (Lipinski definition) is 0. The first-order valence-electron chi connectivity index (χ1n) is 7.51. The van der Waals surface area contributed by atoms with E-state index in [1.165, 1.54) is 33.2 Å². The molecule has 0 spiro atoms. The van der Waals surface area contributed by atoms with Gasteiger partial charge in [0.25, 0.3) is 0 Å². The van der Waals surface area contributed by atoms with Crippen LogP contribution >= 0.6 is 9.24 Å². The quantitative estimate of drug-likeness (QED) is 0.461. The van der Waals surface area contributed by atoms with Crippen LogP contribution in [0.1, 0.15) is 18.1 Å². The molecule has 0 N–H and O–H groups in total. The van der Waals surface area contributed by atoms with Gasteiger partial charge in [-0.05, 0) is 29.2 Å². The minimum absolute atomic E-state index is 1.21. The Hall–Kier alpha value is -1.78. The van der Waals surface area contributed by atoms with E-state index in [2.05, 4.69) is 98.6 Å². The Morgan fingerprint density at radius 2 is 1.32 bits per heavy atom. The fraction of sp³-hybridized carbons (Fsp3) is 0.0526. The predicted octanol–water partition coefficient (Wildman–Crippen LogP) is 2.08. The van der Waals surface area contributed by atoms with Crippen LogP contribution in [0.25, 0.3) is 11.1 Å². The highest BCUT2D eigenvalue weighted by atomic mass is 31.0. The second-order valence-electron chi connectivity index (χ2n) is 5.56. The van der Waals surface area contributed by atoms with E-state index in [4.69, 9.17) is 0 Å². The Balaban J connectivity index is 2.31. The summed E-state index contributed by atoms with van der Waals surface area (Å²) >= 11 is 0. The van der Waals surface area contributed by atoms with E-state index >= 15 is 0 Å². The second kappa shape index (κ2) is 8.01. The molecular weight excluding hydrogens is 281 g/mol. The van der Waals surface area contributed by atoms with Gasteiger partial charge < -0.3 is 0 Å². The molecule has 0 fully saturated rings. The van der Waals surface area contributed by atoms with Crippen LogP contribution in [0, 0.1) is 0 Å². The zero-order valence-corrected chi connectivity index (χ0v) is 14.7. The molecule has 22 heavy (non-hydrogen) atoms. The number of benzene rings is 2. The van der Waals surface area contributed by atoms with Gasteiger partial charge in [-0.3, -0.25) is 0 Å². The van der Waals surface area contributed by atoms with Crippen molar-refractivity contribution in [2.24, 2.45) is 0 Å². The molecule has 0 aliphatic carbocycles. The third-order valence-electron chi connectivity index (χ3n) is 3.68. The minimum atomic E-state index is 1.21. The van der Waals surface area contributed by atoms with Gasteiger partial charge in [-0.25, -0.2) is 0 Å². The van der Waals surface area contributed by atoms with Gasteiger partial charge in [-0.2, -0.15) is 0 Å². The summed E-state index contributed by atoms with van der Waals surface area (Å²) in [6, 6.07) is 17.3. The lowest BCUT2D eigenvalue weighted by molar-refractivity contribution is 1.58. The van der Waals surface area contributed by atoms with E-state index < -0.39 is 0 Å². The lowest BCUT2D eigenvalue weighted by Crippen LogP contribution is -2.00. The Morgan fingerprint density at radius 3 is 1.82 bits per heavy atom. The van der Waals surface area contributed by atoms with Crippen LogP contribution in [0.3, 0.4) is 0 Å². The van der Waals surface area contributed by atoms with Crippen molar-refractivity contribution in [3.05, 3.63) is 83.7 Å². The van der Waals surface area contributed by atoms with Crippen molar-refractivity contribution < 1.29 is 0 Å². The van der Waals surface area contributed by atoms with Gasteiger partial charge in [-0.15, -0.1) is 9.24 Å². The summed E-state index contributed by atoms with van der Waals surface area (Å²) in [5, 5.41) is 0. The summed E-state index contributed by atoms with van der Waals surface area (Å²) in [7, 11) is 6.87. The van der Waals surface area contributed by atoms with Gasteiger partial charge in [0.1, 0.15) is 15.7 Å². The zero-order chi connectivity index (χ0) is 15.9. The molecule has 0 aromatic heterocycles. The van der Waals surface area contributed by atoms with Crippen molar-refractivity contribution in [2.75, 3.05) is 0 Å². The lowest BCUT2D eigenvalue weighted by atomic mass is 9.93. The van der Waals surface area contributed by atoms with Crippen molar-refractivity contribution in [2.45, 2.75) is 6.92 Å². The fourth-order valence-corrected chi connectivity index (χ4v) is 2.43. The van der Waals surface area contributed by atoms with Gasteiger partial charge in [0.2, 0.25) is 0 Å². The minimum Gasteiger partial charge on any atom is -0.114 e. The molecule has 2 aromatic carbocycles. The van der Waals surface area contributed by atoms with Gasteiger partial charge >= 0.3 is 0 Å². The summed E-state index contributed by atoms with van der Waals surface area (Å²) < 4.78 is 0. The molecule has 0 bridgehead atoms. The van der Waals surface area contributed by atoms with E-state index in [-0.39, 0.29) is 0 Å². The Labute approximate surface area is 138 Å². The highest BCUT2D eigenvalue weighted by molar-refractivity contribution is 7.20. The molecule has 1 atom stereocenters. The summed E-state index contributed by atoms with van der Waals surface area (Å²) in [4.78, 5) is 0. The molecule has 0 aliphatic rings. The maximum atomic E-state index is 2.64. The molecule has 0 saturated carbocycles. The van der Waals surface area contributed by atoms with Crippen LogP contribution in [0.5, 0.6) is 0 Å². The molecule has 2 aromatic rings. The second-order valence-corrected chi connectivity index (χ2v) is 5.95. The monoisotopic (exact) mass is 302 g/mol. The third-order valence-corrected chi connectivity index (χ3v) is 3.87. The van der Waals surface area contributed by atoms with Crippen LogP contribution in [-0.4, -0.2) is 15.7 Å². The van der Waals surface area contributed by atoms with E-state index in [9.17, 15) is 0 Å². The Kier molecular flexibility index (Phi) is 6.04. The standard InChI is InChI=1S/C19H21B2P/c1-14(15-4-8-18(20)9-5-15)2-3-17(12-13-22)16-6-10-19(21)11-7-16/h2-13H,20-22H2,1H3/b13-12+,14-2+,17-3+. The van der Waals surface area contributed by atoms with Crippen LogP contribution < -0.4 is 10.9 Å². The summed E-state index contributed by atoms with van der Waals surface area (Å²) in [6.07, 6.45) is 6.49. The molecule has 0 radical (unpaired) electrons. The molecule has 0 amide bonds. The van der Waals surface area contributed by atoms with Crippen LogP contribution in [0.4, 0.5) is 0 Å². The summed E-state index contributed by atoms with van der Waals surface area (Å²) in [5.74, 6) is 2.00. The normalized spacial score (nSPS) is 12.8. The molecular formula is C19H21B2P. The van der Waals surface area contributed by atoms with Crippen LogP contribution in [-0.2, 0) is 0 Å². The van der Waals surface area contributed by atoms with Gasteiger partial charge in [0, 0.05) is 0 Å². The number of hydrogen-bond donors (Lipinski definition) is 0. The van der Waals surface area contributed by atoms with Crippen molar-refractivity contribution >= 4 is 47.0 Å². The first kappa shape index (κ1) is 16.6. The lowest BCUT2D eigenvalue weighted by Gasteiger charge is -2.04. The molecule has 0 heterocycles. The number of allylic oxidation sites excluding steroid dienone is 5. The van der Waals surface area contributed by atoms with Crippen LogP contribution in [0.2, 0.25) is 0 Å². The SMILES string of the molecule is Bc1ccc(/C(C)=C/C=C(\C=C\P)c2ccc(B)cc2)cc1. The fourth-order valence-electron chi connectivity index (χ4n) is 2.23. The van der Waals surface area contributed by atoms with Gasteiger partial charge in [0.05, 0.1) is 0 Å². The topological polar surface area (TPSA) is 0 Å². The molecule has 2 rings (SSSR count). The molecule has 108 valence electrons. The van der Waals surface area contributed by atoms with Crippen molar-refractivity contribution in [1.29, 1.82) is 0 Å². The van der Waals surface area contributed by atoms with E-state index in [0.29, 0.717) is 0 Å². The maximum absolute atomic E-state index is 2.64. The van der Waals surface area contributed by atoms with Gasteiger partial charge in [-0.1, -0.05) is 83.5 Å². The first-order chi connectivity index (χ1) is 10.6. The molecule has 0 nitrogen and oxygen atoms in total. The van der Waals surface area contributed by atoms with E-state index in [1.807, 2.05) is 5.82 Å². The third kappa shape index (κ3) is 4.61. The van der Waals surface area contributed by atoms with Gasteiger partial charge in [0.15, 0.2) is 0 Å². The largest absolute Gasteiger partial charge is 0.139 e. The average molecular weight is 302 g/mol. The highest BCUT2D eigenvalue weighted by Gasteiger charge is 1.98. The molecule has 3 heteroatoms. The Bertz CT molecular complexity index is 708. The molecule has 1 unspecified atom stereocenters. The molecule has 0 saturated heterocycles.